The Kier molecular flexibility index (Phi) is 7.34. The van der Waals surface area contributed by atoms with Gasteiger partial charge in [0.1, 0.15) is 0 Å². The van der Waals surface area contributed by atoms with Gasteiger partial charge in [0.05, 0.1) is 24.6 Å². The molecule has 0 N–H and O–H groups in total. The lowest BCUT2D eigenvalue weighted by molar-refractivity contribution is -0.138. The van der Waals surface area contributed by atoms with Crippen molar-refractivity contribution < 1.29 is 36.3 Å². The second-order valence-electron chi connectivity index (χ2n) is 6.54. The van der Waals surface area contributed by atoms with E-state index >= 15 is 0 Å². The Labute approximate surface area is 159 Å². The van der Waals surface area contributed by atoms with Gasteiger partial charge in [-0.25, -0.2) is 8.78 Å². The Balaban J connectivity index is 2.05. The van der Waals surface area contributed by atoms with Crippen LogP contribution in [0.3, 0.4) is 0 Å². The van der Waals surface area contributed by atoms with Gasteiger partial charge in [0.2, 0.25) is 11.8 Å². The first-order chi connectivity index (χ1) is 13.1. The number of hydrogen-bond acceptors (Lipinski definition) is 3. The molecule has 1 saturated heterocycles. The molecule has 156 valence electrons. The number of likely N-dealkylation sites (tertiary alicyclic amines) is 1. The van der Waals surface area contributed by atoms with E-state index in [-0.39, 0.29) is 38.2 Å². The van der Waals surface area contributed by atoms with Gasteiger partial charge in [-0.1, -0.05) is 12.1 Å². The fraction of sp³-hybridized carbons (Fsp3) is 0.556. The molecule has 1 aromatic rings. The predicted octanol–water partition coefficient (Wildman–Crippen LogP) is 2.79. The number of amides is 2. The number of ether oxygens (including phenoxy) is 1. The first-order valence-corrected chi connectivity index (χ1v) is 8.61. The standard InChI is InChI=1S/C18H21F5N2O3/c1-28-6-5-24(11-15(19)20)17(27)13-8-16(26)25(10-13)9-12-3-2-4-14(7-12)18(21,22)23/h2-4,7,13,15H,5-6,8-11H2,1H3. The number of carbonyl (C=O) groups is 2. The minimum Gasteiger partial charge on any atom is -0.383 e. The molecule has 5 nitrogen and oxygen atoms in total. The second kappa shape index (κ2) is 9.31. The normalized spacial score (nSPS) is 17.5. The van der Waals surface area contributed by atoms with E-state index in [0.717, 1.165) is 17.0 Å². The van der Waals surface area contributed by atoms with Crippen LogP contribution in [0.25, 0.3) is 0 Å². The van der Waals surface area contributed by atoms with Gasteiger partial charge in [-0.3, -0.25) is 9.59 Å². The zero-order valence-corrected chi connectivity index (χ0v) is 15.2. The minimum atomic E-state index is -4.50. The molecule has 0 aliphatic carbocycles. The number of nitrogens with zero attached hydrogens (tertiary/aromatic N) is 2. The lowest BCUT2D eigenvalue weighted by Gasteiger charge is -2.25. The molecule has 1 aliphatic heterocycles. The van der Waals surface area contributed by atoms with Crippen molar-refractivity contribution in [1.82, 2.24) is 9.80 Å². The van der Waals surface area contributed by atoms with Crippen LogP contribution in [0, 0.1) is 5.92 Å². The molecular formula is C18H21F5N2O3. The summed E-state index contributed by atoms with van der Waals surface area (Å²) in [5, 5.41) is 0. The number of alkyl halides is 5. The van der Waals surface area contributed by atoms with Crippen LogP contribution in [-0.2, 0) is 27.0 Å². The highest BCUT2D eigenvalue weighted by Crippen LogP contribution is 2.30. The molecule has 0 spiro atoms. The summed E-state index contributed by atoms with van der Waals surface area (Å²) in [6.07, 6.45) is -7.38. The number of rotatable bonds is 8. The van der Waals surface area contributed by atoms with E-state index in [0.29, 0.717) is 0 Å². The molecule has 0 bridgehead atoms. The van der Waals surface area contributed by atoms with Crippen LogP contribution in [0.15, 0.2) is 24.3 Å². The molecule has 1 unspecified atom stereocenters. The molecule has 1 aromatic carbocycles. The van der Waals surface area contributed by atoms with Crippen LogP contribution >= 0.6 is 0 Å². The number of hydrogen-bond donors (Lipinski definition) is 0. The van der Waals surface area contributed by atoms with Crippen LogP contribution in [-0.4, -0.2) is 61.4 Å². The van der Waals surface area contributed by atoms with Gasteiger partial charge in [-0.05, 0) is 17.7 Å². The molecule has 10 heteroatoms. The summed E-state index contributed by atoms with van der Waals surface area (Å²) in [6.45, 7) is -0.828. The molecule has 2 rings (SSSR count). The van der Waals surface area contributed by atoms with E-state index in [4.69, 9.17) is 4.74 Å². The first kappa shape index (κ1) is 22.1. The molecule has 1 aliphatic rings. The van der Waals surface area contributed by atoms with Crippen LogP contribution in [0.5, 0.6) is 0 Å². The third kappa shape index (κ3) is 5.88. The van der Waals surface area contributed by atoms with E-state index in [1.807, 2.05) is 0 Å². The van der Waals surface area contributed by atoms with Crippen molar-refractivity contribution in [2.75, 3.05) is 33.4 Å². The average molecular weight is 408 g/mol. The van der Waals surface area contributed by atoms with Gasteiger partial charge in [0.25, 0.3) is 6.43 Å². The van der Waals surface area contributed by atoms with Crippen LogP contribution < -0.4 is 0 Å². The van der Waals surface area contributed by atoms with Gasteiger partial charge in [0, 0.05) is 33.2 Å². The molecule has 0 aromatic heterocycles. The first-order valence-electron chi connectivity index (χ1n) is 8.61. The Hall–Kier alpha value is -2.23. The summed E-state index contributed by atoms with van der Waals surface area (Å²) >= 11 is 0. The zero-order chi connectivity index (χ0) is 20.9. The molecule has 1 atom stereocenters. The Morgan fingerprint density at radius 3 is 2.68 bits per heavy atom. The van der Waals surface area contributed by atoms with E-state index in [1.54, 1.807) is 0 Å². The topological polar surface area (TPSA) is 49.9 Å². The quantitative estimate of drug-likeness (QED) is 0.622. The zero-order valence-electron chi connectivity index (χ0n) is 15.2. The van der Waals surface area contributed by atoms with Crippen LogP contribution in [0.1, 0.15) is 17.5 Å². The maximum absolute atomic E-state index is 12.8. The number of benzene rings is 1. The van der Waals surface area contributed by atoms with E-state index in [1.165, 1.54) is 24.1 Å². The smallest absolute Gasteiger partial charge is 0.383 e. The van der Waals surface area contributed by atoms with Crippen molar-refractivity contribution in [1.29, 1.82) is 0 Å². The highest BCUT2D eigenvalue weighted by atomic mass is 19.4. The monoisotopic (exact) mass is 408 g/mol. The molecule has 28 heavy (non-hydrogen) atoms. The molecule has 2 amide bonds. The highest BCUT2D eigenvalue weighted by Gasteiger charge is 2.37. The summed E-state index contributed by atoms with van der Waals surface area (Å²) in [7, 11) is 1.38. The van der Waals surface area contributed by atoms with Crippen molar-refractivity contribution in [2.24, 2.45) is 5.92 Å². The van der Waals surface area contributed by atoms with Crippen LogP contribution in [0.4, 0.5) is 22.0 Å². The Morgan fingerprint density at radius 1 is 1.36 bits per heavy atom. The van der Waals surface area contributed by atoms with Crippen LogP contribution in [0.2, 0.25) is 0 Å². The predicted molar refractivity (Wildman–Crippen MR) is 89.4 cm³/mol. The number of halogens is 5. The van der Waals surface area contributed by atoms with Gasteiger partial charge < -0.3 is 14.5 Å². The van der Waals surface area contributed by atoms with Gasteiger partial charge in [-0.2, -0.15) is 13.2 Å². The Bertz CT molecular complexity index is 696. The maximum atomic E-state index is 12.8. The summed E-state index contributed by atoms with van der Waals surface area (Å²) in [5.41, 5.74) is -0.549. The fourth-order valence-electron chi connectivity index (χ4n) is 3.07. The largest absolute Gasteiger partial charge is 0.416 e. The van der Waals surface area contributed by atoms with Crippen molar-refractivity contribution in [3.63, 3.8) is 0 Å². The summed E-state index contributed by atoms with van der Waals surface area (Å²) < 4.78 is 68.7. The van der Waals surface area contributed by atoms with Crippen molar-refractivity contribution in [3.05, 3.63) is 35.4 Å². The fourth-order valence-corrected chi connectivity index (χ4v) is 3.07. The number of carbonyl (C=O) groups excluding carboxylic acids is 2. The lowest BCUT2D eigenvalue weighted by Crippen LogP contribution is -2.42. The summed E-state index contributed by atoms with van der Waals surface area (Å²) in [5.74, 6) is -1.80. The Morgan fingerprint density at radius 2 is 2.07 bits per heavy atom. The third-order valence-corrected chi connectivity index (χ3v) is 4.43. The second-order valence-corrected chi connectivity index (χ2v) is 6.54. The maximum Gasteiger partial charge on any atom is 0.416 e. The summed E-state index contributed by atoms with van der Waals surface area (Å²) in [4.78, 5) is 27.0. The van der Waals surface area contributed by atoms with Crippen molar-refractivity contribution in [2.45, 2.75) is 25.6 Å². The molecule has 0 radical (unpaired) electrons. The average Bonchev–Trinajstić information content (AvgIpc) is 2.98. The highest BCUT2D eigenvalue weighted by molar-refractivity contribution is 5.89. The molecular weight excluding hydrogens is 387 g/mol. The molecule has 0 saturated carbocycles. The SMILES string of the molecule is COCCN(CC(F)F)C(=O)C1CC(=O)N(Cc2cccc(C(F)(F)F)c2)C1. The number of methoxy groups -OCH3 is 1. The third-order valence-electron chi connectivity index (χ3n) is 4.43. The van der Waals surface area contributed by atoms with E-state index < -0.39 is 42.4 Å². The van der Waals surface area contributed by atoms with Gasteiger partial charge in [0.15, 0.2) is 0 Å². The van der Waals surface area contributed by atoms with Gasteiger partial charge >= 0.3 is 6.18 Å². The van der Waals surface area contributed by atoms with Crippen molar-refractivity contribution in [3.8, 4) is 0 Å². The van der Waals surface area contributed by atoms with Gasteiger partial charge in [-0.15, -0.1) is 0 Å². The van der Waals surface area contributed by atoms with Crippen molar-refractivity contribution >= 4 is 11.8 Å². The lowest BCUT2D eigenvalue weighted by atomic mass is 10.1. The molecule has 1 heterocycles. The molecule has 1 fully saturated rings. The summed E-state index contributed by atoms with van der Waals surface area (Å²) in [6, 6.07) is 4.58. The minimum absolute atomic E-state index is 0.0272. The van der Waals surface area contributed by atoms with E-state index in [9.17, 15) is 31.5 Å². The van der Waals surface area contributed by atoms with E-state index in [2.05, 4.69) is 0 Å².